The number of aliphatic hydroxyl groups is 1. The molecule has 2 unspecified atom stereocenters. The quantitative estimate of drug-likeness (QED) is 0.782. The zero-order valence-electron chi connectivity index (χ0n) is 9.01. The van der Waals surface area contributed by atoms with Crippen LogP contribution in [0.2, 0.25) is 0 Å². The molecule has 0 amide bonds. The van der Waals surface area contributed by atoms with Gasteiger partial charge in [0.15, 0.2) is 0 Å². The second kappa shape index (κ2) is 4.67. The summed E-state index contributed by atoms with van der Waals surface area (Å²) in [5.74, 6) is -0.0101. The van der Waals surface area contributed by atoms with Crippen LogP contribution in [0.3, 0.4) is 0 Å². The van der Waals surface area contributed by atoms with Crippen molar-refractivity contribution in [3.8, 4) is 0 Å². The van der Waals surface area contributed by atoms with E-state index < -0.39 is 12.1 Å². The third-order valence-corrected chi connectivity index (χ3v) is 2.72. The van der Waals surface area contributed by atoms with E-state index in [4.69, 9.17) is 9.15 Å². The summed E-state index contributed by atoms with van der Waals surface area (Å²) in [7, 11) is 1.28. The normalized spacial score (nSPS) is 22.0. The Morgan fingerprint density at radius 2 is 2.44 bits per heavy atom. The first-order valence-electron chi connectivity index (χ1n) is 5.16. The van der Waals surface area contributed by atoms with Crippen molar-refractivity contribution in [3.63, 3.8) is 0 Å². The number of ether oxygens (including phenoxy) is 2. The Bertz CT molecular complexity index is 364. The van der Waals surface area contributed by atoms with Crippen LogP contribution in [0.25, 0.3) is 0 Å². The Balaban J connectivity index is 2.08. The van der Waals surface area contributed by atoms with Crippen LogP contribution in [-0.4, -0.2) is 31.4 Å². The van der Waals surface area contributed by atoms with E-state index in [1.165, 1.54) is 13.2 Å². The van der Waals surface area contributed by atoms with Gasteiger partial charge in [-0.3, -0.25) is 0 Å². The number of rotatable bonds is 3. The van der Waals surface area contributed by atoms with Gasteiger partial charge in [0, 0.05) is 12.5 Å². The fourth-order valence-electron chi connectivity index (χ4n) is 1.76. The van der Waals surface area contributed by atoms with Crippen LogP contribution in [0.15, 0.2) is 16.5 Å². The molecule has 5 nitrogen and oxygen atoms in total. The van der Waals surface area contributed by atoms with E-state index in [0.717, 1.165) is 6.42 Å². The highest BCUT2D eigenvalue weighted by Gasteiger charge is 2.28. The van der Waals surface area contributed by atoms with Gasteiger partial charge in [-0.05, 0) is 18.6 Å². The minimum atomic E-state index is -0.721. The van der Waals surface area contributed by atoms with Crippen LogP contribution >= 0.6 is 0 Å². The summed E-state index contributed by atoms with van der Waals surface area (Å²) >= 11 is 0. The predicted molar refractivity (Wildman–Crippen MR) is 53.9 cm³/mol. The largest absolute Gasteiger partial charge is 0.463 e. The van der Waals surface area contributed by atoms with Gasteiger partial charge in [0.1, 0.15) is 11.9 Å². The highest BCUT2D eigenvalue weighted by Crippen LogP contribution is 2.29. The van der Waals surface area contributed by atoms with E-state index in [-0.39, 0.29) is 11.7 Å². The van der Waals surface area contributed by atoms with Gasteiger partial charge in [0.05, 0.1) is 13.7 Å². The van der Waals surface area contributed by atoms with Crippen LogP contribution in [-0.2, 0) is 9.47 Å². The molecule has 0 spiro atoms. The van der Waals surface area contributed by atoms with E-state index in [1.54, 1.807) is 6.07 Å². The van der Waals surface area contributed by atoms with Gasteiger partial charge >= 0.3 is 5.97 Å². The first-order chi connectivity index (χ1) is 7.72. The van der Waals surface area contributed by atoms with E-state index in [2.05, 4.69) is 4.74 Å². The lowest BCUT2D eigenvalue weighted by Crippen LogP contribution is -2.11. The Hall–Kier alpha value is -1.33. The summed E-state index contributed by atoms with van der Waals surface area (Å²) in [4.78, 5) is 11.1. The molecular formula is C11H14O5. The van der Waals surface area contributed by atoms with Gasteiger partial charge in [-0.25, -0.2) is 4.79 Å². The fourth-order valence-corrected chi connectivity index (χ4v) is 1.76. The topological polar surface area (TPSA) is 68.9 Å². The molecule has 0 bridgehead atoms. The Kier molecular flexibility index (Phi) is 3.26. The maximum absolute atomic E-state index is 11.1. The molecule has 5 heteroatoms. The Morgan fingerprint density at radius 3 is 3.06 bits per heavy atom. The smallest absolute Gasteiger partial charge is 0.373 e. The maximum atomic E-state index is 11.1. The second-order valence-electron chi connectivity index (χ2n) is 3.76. The molecule has 0 aliphatic carbocycles. The van der Waals surface area contributed by atoms with Crippen molar-refractivity contribution in [2.75, 3.05) is 20.3 Å². The SMILES string of the molecule is COC(=O)c1ccc(C(O)C2CCOC2)o1. The highest BCUT2D eigenvalue weighted by molar-refractivity contribution is 5.86. The molecule has 0 aromatic carbocycles. The molecular weight excluding hydrogens is 212 g/mol. The molecule has 1 aliphatic rings. The molecule has 1 fully saturated rings. The van der Waals surface area contributed by atoms with Crippen molar-refractivity contribution in [1.29, 1.82) is 0 Å². The standard InChI is InChI=1S/C11H14O5/c1-14-11(13)9-3-2-8(16-9)10(12)7-4-5-15-6-7/h2-3,7,10,12H,4-6H2,1H3. The van der Waals surface area contributed by atoms with E-state index >= 15 is 0 Å². The van der Waals surface area contributed by atoms with Crippen molar-refractivity contribution in [2.24, 2.45) is 5.92 Å². The summed E-state index contributed by atoms with van der Waals surface area (Å²) in [5, 5.41) is 9.96. The first kappa shape index (κ1) is 11.2. The van der Waals surface area contributed by atoms with Gasteiger partial charge in [-0.2, -0.15) is 0 Å². The lowest BCUT2D eigenvalue weighted by Gasteiger charge is -2.13. The van der Waals surface area contributed by atoms with Gasteiger partial charge in [0.2, 0.25) is 5.76 Å². The zero-order chi connectivity index (χ0) is 11.5. The van der Waals surface area contributed by atoms with Gasteiger partial charge in [-0.1, -0.05) is 0 Å². The summed E-state index contributed by atoms with van der Waals surface area (Å²) < 4.78 is 14.9. The second-order valence-corrected chi connectivity index (χ2v) is 3.76. The minimum Gasteiger partial charge on any atom is -0.463 e. The number of furan rings is 1. The van der Waals surface area contributed by atoms with Crippen molar-refractivity contribution in [2.45, 2.75) is 12.5 Å². The number of carbonyl (C=O) groups excluding carboxylic acids is 1. The molecule has 2 atom stereocenters. The monoisotopic (exact) mass is 226 g/mol. The summed E-state index contributed by atoms with van der Waals surface area (Å²) in [6.45, 7) is 1.18. The molecule has 1 aromatic rings. The maximum Gasteiger partial charge on any atom is 0.373 e. The number of aliphatic hydroxyl groups excluding tert-OH is 1. The van der Waals surface area contributed by atoms with Gasteiger partial charge in [-0.15, -0.1) is 0 Å². The molecule has 1 aliphatic heterocycles. The molecule has 0 saturated carbocycles. The summed E-state index contributed by atoms with van der Waals surface area (Å²) in [6.07, 6.45) is 0.0796. The zero-order valence-corrected chi connectivity index (χ0v) is 9.01. The number of carbonyl (C=O) groups is 1. The first-order valence-corrected chi connectivity index (χ1v) is 5.16. The average Bonchev–Trinajstić information content (AvgIpc) is 2.97. The molecule has 1 aromatic heterocycles. The number of methoxy groups -OCH3 is 1. The molecule has 1 saturated heterocycles. The predicted octanol–water partition coefficient (Wildman–Crippen LogP) is 1.14. The van der Waals surface area contributed by atoms with E-state index in [0.29, 0.717) is 19.0 Å². The Labute approximate surface area is 93.0 Å². The fraction of sp³-hybridized carbons (Fsp3) is 0.545. The molecule has 2 rings (SSSR count). The van der Waals surface area contributed by atoms with Crippen molar-refractivity contribution in [3.05, 3.63) is 23.7 Å². The van der Waals surface area contributed by atoms with Crippen LogP contribution in [0.4, 0.5) is 0 Å². The summed E-state index contributed by atoms with van der Waals surface area (Å²) in [6, 6.07) is 3.09. The third kappa shape index (κ3) is 2.10. The molecule has 16 heavy (non-hydrogen) atoms. The van der Waals surface area contributed by atoms with Crippen LogP contribution in [0.1, 0.15) is 28.8 Å². The van der Waals surface area contributed by atoms with Crippen LogP contribution in [0, 0.1) is 5.92 Å². The van der Waals surface area contributed by atoms with Crippen molar-refractivity contribution >= 4 is 5.97 Å². The van der Waals surface area contributed by atoms with E-state index in [1.807, 2.05) is 0 Å². The van der Waals surface area contributed by atoms with Crippen LogP contribution in [0.5, 0.6) is 0 Å². The number of esters is 1. The molecule has 2 heterocycles. The van der Waals surface area contributed by atoms with E-state index in [9.17, 15) is 9.90 Å². The highest BCUT2D eigenvalue weighted by atomic mass is 16.5. The van der Waals surface area contributed by atoms with Crippen LogP contribution < -0.4 is 0 Å². The molecule has 88 valence electrons. The lowest BCUT2D eigenvalue weighted by atomic mass is 10.0. The summed E-state index contributed by atoms with van der Waals surface area (Å²) in [5.41, 5.74) is 0. The van der Waals surface area contributed by atoms with Gasteiger partial charge < -0.3 is 19.0 Å². The number of hydrogen-bond donors (Lipinski definition) is 1. The van der Waals surface area contributed by atoms with Crippen molar-refractivity contribution in [1.82, 2.24) is 0 Å². The minimum absolute atomic E-state index is 0.0386. The average molecular weight is 226 g/mol. The Morgan fingerprint density at radius 1 is 1.62 bits per heavy atom. The molecule has 1 N–H and O–H groups in total. The lowest BCUT2D eigenvalue weighted by molar-refractivity contribution is 0.0527. The van der Waals surface area contributed by atoms with Gasteiger partial charge in [0.25, 0.3) is 0 Å². The third-order valence-electron chi connectivity index (χ3n) is 2.72. The van der Waals surface area contributed by atoms with Crippen molar-refractivity contribution < 1.29 is 23.8 Å². The number of hydrogen-bond acceptors (Lipinski definition) is 5. The molecule has 0 radical (unpaired) electrons.